The van der Waals surface area contributed by atoms with Gasteiger partial charge in [-0.15, -0.1) is 11.6 Å². The van der Waals surface area contributed by atoms with E-state index in [0.717, 1.165) is 12.8 Å². The molecule has 3 N–H and O–H groups in total. The van der Waals surface area contributed by atoms with Gasteiger partial charge < -0.3 is 10.6 Å². The van der Waals surface area contributed by atoms with Crippen LogP contribution < -0.4 is 16.0 Å². The van der Waals surface area contributed by atoms with Crippen LogP contribution in [0.2, 0.25) is 0 Å². The summed E-state index contributed by atoms with van der Waals surface area (Å²) in [6.45, 7) is 0.194. The van der Waals surface area contributed by atoms with Gasteiger partial charge in [-0.1, -0.05) is 0 Å². The Bertz CT molecular complexity index is 292. The largest absolute Gasteiger partial charge is 0.353 e. The summed E-state index contributed by atoms with van der Waals surface area (Å²) in [7, 11) is 0. The molecule has 16 heavy (non-hydrogen) atoms. The molecular weight excluding hydrogens is 234 g/mol. The van der Waals surface area contributed by atoms with Crippen molar-refractivity contribution in [2.24, 2.45) is 0 Å². The molecule has 1 rings (SSSR count). The summed E-state index contributed by atoms with van der Waals surface area (Å²) in [6, 6.07) is -0.316. The van der Waals surface area contributed by atoms with Gasteiger partial charge >= 0.3 is 6.03 Å². The average molecular weight is 248 g/mol. The first-order chi connectivity index (χ1) is 7.61. The van der Waals surface area contributed by atoms with Gasteiger partial charge in [-0.25, -0.2) is 4.79 Å². The maximum absolute atomic E-state index is 11.2. The van der Waals surface area contributed by atoms with Crippen molar-refractivity contribution in [3.63, 3.8) is 0 Å². The van der Waals surface area contributed by atoms with Gasteiger partial charge in [0, 0.05) is 19.0 Å². The number of nitrogens with one attached hydrogen (secondary N) is 3. The number of amides is 4. The minimum absolute atomic E-state index is 0.0912. The van der Waals surface area contributed by atoms with E-state index in [1.54, 1.807) is 0 Å². The van der Waals surface area contributed by atoms with E-state index in [1.807, 2.05) is 5.32 Å². The van der Waals surface area contributed by atoms with Crippen LogP contribution in [0, 0.1) is 0 Å². The summed E-state index contributed by atoms with van der Waals surface area (Å²) < 4.78 is 0. The monoisotopic (exact) mass is 247 g/mol. The third-order valence-electron chi connectivity index (χ3n) is 1.95. The van der Waals surface area contributed by atoms with E-state index in [2.05, 4.69) is 10.6 Å². The van der Waals surface area contributed by atoms with Gasteiger partial charge in [0.1, 0.15) is 5.88 Å². The zero-order valence-corrected chi connectivity index (χ0v) is 9.47. The van der Waals surface area contributed by atoms with Crippen LogP contribution in [0.5, 0.6) is 0 Å². The molecule has 0 bridgehead atoms. The third kappa shape index (κ3) is 5.55. The number of urea groups is 1. The highest BCUT2D eigenvalue weighted by atomic mass is 35.5. The topological polar surface area (TPSA) is 87.3 Å². The molecule has 0 aromatic rings. The lowest BCUT2D eigenvalue weighted by Crippen LogP contribution is -2.41. The van der Waals surface area contributed by atoms with Crippen molar-refractivity contribution in [2.45, 2.75) is 25.3 Å². The van der Waals surface area contributed by atoms with Crippen LogP contribution >= 0.6 is 11.6 Å². The second-order valence-corrected chi connectivity index (χ2v) is 3.80. The molecular formula is C9H14ClN3O3. The highest BCUT2D eigenvalue weighted by Crippen LogP contribution is 2.18. The third-order valence-corrected chi connectivity index (χ3v) is 2.20. The van der Waals surface area contributed by atoms with Crippen molar-refractivity contribution in [2.75, 3.05) is 12.4 Å². The van der Waals surface area contributed by atoms with Gasteiger partial charge in [-0.2, -0.15) is 0 Å². The number of halogens is 1. The number of hydrogen-bond acceptors (Lipinski definition) is 3. The van der Waals surface area contributed by atoms with E-state index in [0.29, 0.717) is 6.04 Å². The molecule has 0 spiro atoms. The van der Waals surface area contributed by atoms with Crippen LogP contribution in [0.1, 0.15) is 19.3 Å². The van der Waals surface area contributed by atoms with Crippen molar-refractivity contribution >= 4 is 29.4 Å². The molecule has 1 saturated carbocycles. The van der Waals surface area contributed by atoms with Gasteiger partial charge in [-0.3, -0.25) is 14.9 Å². The lowest BCUT2D eigenvalue weighted by atomic mass is 10.4. The molecule has 4 amide bonds. The first kappa shape index (κ1) is 12.8. The van der Waals surface area contributed by atoms with Crippen LogP contribution in [0.4, 0.5) is 4.79 Å². The molecule has 0 aliphatic heterocycles. The van der Waals surface area contributed by atoms with E-state index >= 15 is 0 Å². The summed E-state index contributed by atoms with van der Waals surface area (Å²) in [6.07, 6.45) is 2.27. The smallest absolute Gasteiger partial charge is 0.321 e. The summed E-state index contributed by atoms with van der Waals surface area (Å²) in [5.74, 6) is -0.927. The molecule has 90 valence electrons. The van der Waals surface area contributed by atoms with E-state index < -0.39 is 11.9 Å². The van der Waals surface area contributed by atoms with Gasteiger partial charge in [0.25, 0.3) is 0 Å². The Morgan fingerprint density at radius 3 is 2.44 bits per heavy atom. The van der Waals surface area contributed by atoms with Gasteiger partial charge in [-0.05, 0) is 12.8 Å². The summed E-state index contributed by atoms with van der Waals surface area (Å²) in [5.41, 5.74) is 0. The average Bonchev–Trinajstić information content (AvgIpc) is 3.01. The quantitative estimate of drug-likeness (QED) is 0.584. The lowest BCUT2D eigenvalue weighted by Gasteiger charge is -2.05. The molecule has 1 aliphatic rings. The number of imide groups is 1. The normalized spacial score (nSPS) is 14.1. The van der Waals surface area contributed by atoms with Gasteiger partial charge in [0.2, 0.25) is 11.8 Å². The Balaban J connectivity index is 2.02. The molecule has 0 unspecified atom stereocenters. The Morgan fingerprint density at radius 1 is 1.19 bits per heavy atom. The molecule has 0 saturated heterocycles. The minimum Gasteiger partial charge on any atom is -0.353 e. The van der Waals surface area contributed by atoms with Crippen LogP contribution in [-0.2, 0) is 9.59 Å². The maximum Gasteiger partial charge on any atom is 0.321 e. The first-order valence-corrected chi connectivity index (χ1v) is 5.58. The number of hydrogen-bond donors (Lipinski definition) is 3. The second-order valence-electron chi connectivity index (χ2n) is 3.53. The van der Waals surface area contributed by atoms with Crippen LogP contribution in [-0.4, -0.2) is 36.3 Å². The molecule has 6 nitrogen and oxygen atoms in total. The molecule has 0 heterocycles. The van der Waals surface area contributed by atoms with E-state index in [1.165, 1.54) is 0 Å². The Morgan fingerprint density at radius 2 is 1.88 bits per heavy atom. The van der Waals surface area contributed by atoms with Crippen LogP contribution in [0.15, 0.2) is 0 Å². The summed E-state index contributed by atoms with van der Waals surface area (Å²) in [4.78, 5) is 32.9. The van der Waals surface area contributed by atoms with Gasteiger partial charge in [0.15, 0.2) is 0 Å². The summed E-state index contributed by atoms with van der Waals surface area (Å²) in [5, 5.41) is 7.17. The fourth-order valence-corrected chi connectivity index (χ4v) is 1.09. The van der Waals surface area contributed by atoms with Crippen LogP contribution in [0.25, 0.3) is 0 Å². The predicted molar refractivity (Wildman–Crippen MR) is 58.0 cm³/mol. The lowest BCUT2D eigenvalue weighted by molar-refractivity contribution is -0.121. The number of alkyl halides is 1. The first-order valence-electron chi connectivity index (χ1n) is 5.05. The van der Waals surface area contributed by atoms with Gasteiger partial charge in [0.05, 0.1) is 0 Å². The highest BCUT2D eigenvalue weighted by Gasteiger charge is 2.22. The maximum atomic E-state index is 11.2. The molecule has 0 aromatic carbocycles. The standard InChI is InChI=1S/C9H14ClN3O3/c10-5-8(15)13-9(16)11-4-3-7(14)12-6-1-2-6/h6H,1-5H2,(H,12,14)(H2,11,13,15,16). The van der Waals surface area contributed by atoms with E-state index in [-0.39, 0.29) is 24.8 Å². The molecule has 1 aliphatic carbocycles. The predicted octanol–water partition coefficient (Wildman–Crippen LogP) is -0.280. The molecule has 7 heteroatoms. The fraction of sp³-hybridized carbons (Fsp3) is 0.667. The van der Waals surface area contributed by atoms with Crippen molar-refractivity contribution in [3.05, 3.63) is 0 Å². The Hall–Kier alpha value is -1.30. The van der Waals surface area contributed by atoms with Crippen molar-refractivity contribution in [1.82, 2.24) is 16.0 Å². The SMILES string of the molecule is O=C(CCl)NC(=O)NCCC(=O)NC1CC1. The molecule has 1 fully saturated rings. The Kier molecular flexibility index (Phi) is 5.04. The van der Waals surface area contributed by atoms with Crippen molar-refractivity contribution in [1.29, 1.82) is 0 Å². The number of carbonyl (C=O) groups is 3. The molecule has 0 atom stereocenters. The van der Waals surface area contributed by atoms with Crippen molar-refractivity contribution in [3.8, 4) is 0 Å². The molecule has 0 aromatic heterocycles. The fourth-order valence-electron chi connectivity index (χ4n) is 1.02. The summed E-state index contributed by atoms with van der Waals surface area (Å²) >= 11 is 5.19. The van der Waals surface area contributed by atoms with Crippen molar-refractivity contribution < 1.29 is 14.4 Å². The highest BCUT2D eigenvalue weighted by molar-refractivity contribution is 6.28. The molecule has 0 radical (unpaired) electrons. The zero-order valence-electron chi connectivity index (χ0n) is 8.72. The number of rotatable bonds is 5. The Labute approximate surface area is 98.1 Å². The zero-order chi connectivity index (χ0) is 12.0. The number of carbonyl (C=O) groups excluding carboxylic acids is 3. The van der Waals surface area contributed by atoms with E-state index in [4.69, 9.17) is 11.6 Å². The second kappa shape index (κ2) is 6.32. The van der Waals surface area contributed by atoms with E-state index in [9.17, 15) is 14.4 Å². The minimum atomic E-state index is -0.634. The van der Waals surface area contributed by atoms with Crippen LogP contribution in [0.3, 0.4) is 0 Å².